The average molecular weight is 397 g/mol. The largest absolute Gasteiger partial charge is 0.350 e. The van der Waals surface area contributed by atoms with Crippen molar-refractivity contribution >= 4 is 23.4 Å². The van der Waals surface area contributed by atoms with Crippen molar-refractivity contribution in [3.05, 3.63) is 65.5 Å². The second kappa shape index (κ2) is 9.82. The quantitative estimate of drug-likeness (QED) is 0.671. The molecule has 7 heteroatoms. The number of carbonyl (C=O) groups excluding carboxylic acids is 3. The van der Waals surface area contributed by atoms with Crippen molar-refractivity contribution in [2.24, 2.45) is 5.92 Å². The van der Waals surface area contributed by atoms with Crippen molar-refractivity contribution in [2.45, 2.75) is 32.2 Å². The first-order valence-electron chi connectivity index (χ1n) is 9.71. The van der Waals surface area contributed by atoms with Crippen molar-refractivity contribution in [1.29, 1.82) is 0 Å². The summed E-state index contributed by atoms with van der Waals surface area (Å²) in [5.74, 6) is -1.04. The predicted molar refractivity (Wildman–Crippen MR) is 108 cm³/mol. The molecule has 3 rings (SSSR count). The second-order valence-corrected chi connectivity index (χ2v) is 7.14. The molecule has 2 aromatic rings. The standard InChI is InChI=1S/C22H24FN3O3/c23-18-10-8-17(9-11-18)22(29)26-19-7-3-4-15(12-19)13-24-20(27)14-25-21(28)16-5-1-2-6-16/h3-4,7-12,16H,1-2,5-6,13-14H2,(H,24,27)(H,25,28)(H,26,29). The highest BCUT2D eigenvalue weighted by Crippen LogP contribution is 2.24. The molecule has 1 saturated carbocycles. The Hall–Kier alpha value is -3.22. The molecule has 0 bridgehead atoms. The first kappa shape index (κ1) is 20.5. The van der Waals surface area contributed by atoms with Crippen LogP contribution in [0.4, 0.5) is 10.1 Å². The van der Waals surface area contributed by atoms with E-state index >= 15 is 0 Å². The van der Waals surface area contributed by atoms with E-state index in [-0.39, 0.29) is 36.7 Å². The summed E-state index contributed by atoms with van der Waals surface area (Å²) in [5.41, 5.74) is 1.72. The minimum atomic E-state index is -0.404. The minimum Gasteiger partial charge on any atom is -0.350 e. The molecule has 1 aliphatic carbocycles. The molecule has 152 valence electrons. The lowest BCUT2D eigenvalue weighted by atomic mass is 10.1. The summed E-state index contributed by atoms with van der Waals surface area (Å²) in [5, 5.41) is 8.19. The van der Waals surface area contributed by atoms with Gasteiger partial charge in [0.1, 0.15) is 5.82 Å². The van der Waals surface area contributed by atoms with Gasteiger partial charge in [-0.2, -0.15) is 0 Å². The summed E-state index contributed by atoms with van der Waals surface area (Å²) in [6.45, 7) is 0.231. The van der Waals surface area contributed by atoms with Crippen LogP contribution in [0.1, 0.15) is 41.6 Å². The number of amides is 3. The van der Waals surface area contributed by atoms with E-state index in [9.17, 15) is 18.8 Å². The Kier molecular flexibility index (Phi) is 6.94. The van der Waals surface area contributed by atoms with E-state index in [1.54, 1.807) is 18.2 Å². The van der Waals surface area contributed by atoms with Crippen LogP contribution in [0.5, 0.6) is 0 Å². The maximum absolute atomic E-state index is 13.0. The molecule has 0 spiro atoms. The van der Waals surface area contributed by atoms with Gasteiger partial charge in [0, 0.05) is 23.7 Å². The van der Waals surface area contributed by atoms with E-state index in [2.05, 4.69) is 16.0 Å². The summed E-state index contributed by atoms with van der Waals surface area (Å²) >= 11 is 0. The zero-order valence-corrected chi connectivity index (χ0v) is 16.0. The molecule has 0 aliphatic heterocycles. The van der Waals surface area contributed by atoms with Gasteiger partial charge in [0.2, 0.25) is 11.8 Å². The fourth-order valence-electron chi connectivity index (χ4n) is 3.33. The van der Waals surface area contributed by atoms with Gasteiger partial charge in [-0.15, -0.1) is 0 Å². The summed E-state index contributed by atoms with van der Waals surface area (Å²) in [6, 6.07) is 12.4. The van der Waals surface area contributed by atoms with Gasteiger partial charge in [0.05, 0.1) is 6.54 Å². The molecule has 0 saturated heterocycles. The van der Waals surface area contributed by atoms with E-state index in [0.29, 0.717) is 11.3 Å². The maximum Gasteiger partial charge on any atom is 0.255 e. The van der Waals surface area contributed by atoms with Crippen LogP contribution in [0.2, 0.25) is 0 Å². The Labute approximate surface area is 168 Å². The Morgan fingerprint density at radius 3 is 2.41 bits per heavy atom. The van der Waals surface area contributed by atoms with Crippen LogP contribution in [0.15, 0.2) is 48.5 Å². The summed E-state index contributed by atoms with van der Waals surface area (Å²) in [7, 11) is 0. The lowest BCUT2D eigenvalue weighted by molar-refractivity contribution is -0.128. The molecule has 1 fully saturated rings. The number of hydrogen-bond acceptors (Lipinski definition) is 3. The van der Waals surface area contributed by atoms with Crippen LogP contribution in [-0.2, 0) is 16.1 Å². The van der Waals surface area contributed by atoms with Gasteiger partial charge in [-0.25, -0.2) is 4.39 Å². The second-order valence-electron chi connectivity index (χ2n) is 7.14. The van der Waals surface area contributed by atoms with E-state index < -0.39 is 5.82 Å². The Balaban J connectivity index is 1.46. The zero-order chi connectivity index (χ0) is 20.6. The summed E-state index contributed by atoms with van der Waals surface area (Å²) in [6.07, 6.45) is 3.92. The minimum absolute atomic E-state index is 0.0317. The molecule has 0 unspecified atom stereocenters. The first-order chi connectivity index (χ1) is 14.0. The molecule has 0 heterocycles. The van der Waals surface area contributed by atoms with Gasteiger partial charge in [-0.3, -0.25) is 14.4 Å². The molecule has 2 aromatic carbocycles. The molecule has 0 atom stereocenters. The molecule has 1 aliphatic rings. The van der Waals surface area contributed by atoms with Crippen molar-refractivity contribution in [2.75, 3.05) is 11.9 Å². The van der Waals surface area contributed by atoms with E-state index in [0.717, 1.165) is 31.2 Å². The Morgan fingerprint density at radius 2 is 1.69 bits per heavy atom. The third-order valence-electron chi connectivity index (χ3n) is 4.93. The predicted octanol–water partition coefficient (Wildman–Crippen LogP) is 3.00. The third kappa shape index (κ3) is 6.14. The van der Waals surface area contributed by atoms with Crippen molar-refractivity contribution in [3.8, 4) is 0 Å². The molecule has 29 heavy (non-hydrogen) atoms. The molecule has 0 radical (unpaired) electrons. The Morgan fingerprint density at radius 1 is 0.966 bits per heavy atom. The smallest absolute Gasteiger partial charge is 0.255 e. The van der Waals surface area contributed by atoms with Crippen LogP contribution >= 0.6 is 0 Å². The van der Waals surface area contributed by atoms with Crippen molar-refractivity contribution < 1.29 is 18.8 Å². The monoisotopic (exact) mass is 397 g/mol. The average Bonchev–Trinajstić information content (AvgIpc) is 3.26. The van der Waals surface area contributed by atoms with Gasteiger partial charge in [-0.1, -0.05) is 25.0 Å². The van der Waals surface area contributed by atoms with Crippen molar-refractivity contribution in [3.63, 3.8) is 0 Å². The van der Waals surface area contributed by atoms with Crippen LogP contribution in [-0.4, -0.2) is 24.3 Å². The van der Waals surface area contributed by atoms with Gasteiger partial charge in [0.15, 0.2) is 0 Å². The van der Waals surface area contributed by atoms with Crippen LogP contribution in [0.3, 0.4) is 0 Å². The number of carbonyl (C=O) groups is 3. The van der Waals surface area contributed by atoms with E-state index in [1.165, 1.54) is 24.3 Å². The van der Waals surface area contributed by atoms with Crippen molar-refractivity contribution in [1.82, 2.24) is 10.6 Å². The summed E-state index contributed by atoms with van der Waals surface area (Å²) < 4.78 is 13.0. The number of benzene rings is 2. The number of anilines is 1. The number of nitrogens with one attached hydrogen (secondary N) is 3. The fourth-order valence-corrected chi connectivity index (χ4v) is 3.33. The topological polar surface area (TPSA) is 87.3 Å². The van der Waals surface area contributed by atoms with E-state index in [1.807, 2.05) is 6.07 Å². The molecular weight excluding hydrogens is 373 g/mol. The first-order valence-corrected chi connectivity index (χ1v) is 9.71. The number of rotatable bonds is 7. The highest BCUT2D eigenvalue weighted by atomic mass is 19.1. The number of halogens is 1. The maximum atomic E-state index is 13.0. The molecule has 3 amide bonds. The zero-order valence-electron chi connectivity index (χ0n) is 16.0. The Bertz CT molecular complexity index is 877. The van der Waals surface area contributed by atoms with E-state index in [4.69, 9.17) is 0 Å². The van der Waals surface area contributed by atoms with Gasteiger partial charge < -0.3 is 16.0 Å². The highest BCUT2D eigenvalue weighted by Gasteiger charge is 2.22. The molecule has 3 N–H and O–H groups in total. The molecule has 0 aromatic heterocycles. The van der Waals surface area contributed by atoms with Crippen LogP contribution < -0.4 is 16.0 Å². The van der Waals surface area contributed by atoms with Gasteiger partial charge >= 0.3 is 0 Å². The SMILES string of the molecule is O=C(CNC(=O)C1CCCC1)NCc1cccc(NC(=O)c2ccc(F)cc2)c1. The molecule has 6 nitrogen and oxygen atoms in total. The fraction of sp³-hybridized carbons (Fsp3) is 0.318. The lowest BCUT2D eigenvalue weighted by Crippen LogP contribution is -2.38. The normalized spacial score (nSPS) is 13.7. The lowest BCUT2D eigenvalue weighted by Gasteiger charge is -2.11. The third-order valence-corrected chi connectivity index (χ3v) is 4.93. The van der Waals surface area contributed by atoms with Crippen LogP contribution in [0, 0.1) is 11.7 Å². The van der Waals surface area contributed by atoms with Gasteiger partial charge in [0.25, 0.3) is 5.91 Å². The van der Waals surface area contributed by atoms with Crippen LogP contribution in [0.25, 0.3) is 0 Å². The highest BCUT2D eigenvalue weighted by molar-refractivity contribution is 6.04. The summed E-state index contributed by atoms with van der Waals surface area (Å²) in [4.78, 5) is 36.2. The number of hydrogen-bond donors (Lipinski definition) is 3. The molecular formula is C22H24FN3O3. The van der Waals surface area contributed by atoms with Gasteiger partial charge in [-0.05, 0) is 54.8 Å².